The molecule has 104 valence electrons. The molecule has 8 heteroatoms. The Morgan fingerprint density at radius 3 is 2.80 bits per heavy atom. The van der Waals surface area contributed by atoms with Gasteiger partial charge in [0.05, 0.1) is 15.6 Å². The molecule has 20 heavy (non-hydrogen) atoms. The van der Waals surface area contributed by atoms with Crippen LogP contribution >= 0.6 is 15.9 Å². The lowest BCUT2D eigenvalue weighted by atomic mass is 10.2. The van der Waals surface area contributed by atoms with Crippen molar-refractivity contribution < 1.29 is 9.66 Å². The Balaban J connectivity index is 2.30. The molecule has 1 heterocycles. The van der Waals surface area contributed by atoms with E-state index in [2.05, 4.69) is 31.2 Å². The molecule has 7 nitrogen and oxygen atoms in total. The number of anilines is 1. The normalized spacial score (nSPS) is 10.2. The molecule has 0 saturated carbocycles. The van der Waals surface area contributed by atoms with E-state index in [9.17, 15) is 10.1 Å². The highest BCUT2D eigenvalue weighted by Gasteiger charge is 2.12. The molecule has 0 aliphatic rings. The van der Waals surface area contributed by atoms with Crippen molar-refractivity contribution in [1.29, 1.82) is 0 Å². The van der Waals surface area contributed by atoms with Crippen molar-refractivity contribution in [3.63, 3.8) is 0 Å². The lowest BCUT2D eigenvalue weighted by molar-refractivity contribution is -0.385. The molecular formula is C12H11BrN4O3. The minimum atomic E-state index is -0.432. The monoisotopic (exact) mass is 338 g/mol. The maximum atomic E-state index is 10.8. The third kappa shape index (κ3) is 3.02. The van der Waals surface area contributed by atoms with E-state index in [1.807, 2.05) is 0 Å². The van der Waals surface area contributed by atoms with Crippen molar-refractivity contribution in [3.05, 3.63) is 44.5 Å². The zero-order chi connectivity index (χ0) is 14.7. The molecule has 0 amide bonds. The minimum absolute atomic E-state index is 0.0509. The number of halogens is 1. The molecule has 2 rings (SSSR count). The fourth-order valence-electron chi connectivity index (χ4n) is 1.55. The smallest absolute Gasteiger partial charge is 0.272 e. The number of rotatable bonds is 4. The third-order valence-corrected chi connectivity index (χ3v) is 3.06. The fraction of sp³-hybridized carbons (Fsp3) is 0.167. The Hall–Kier alpha value is -2.22. The Labute approximate surface area is 123 Å². The number of hydrogen-bond acceptors (Lipinski definition) is 6. The summed E-state index contributed by atoms with van der Waals surface area (Å²) in [5.74, 6) is 1.22. The van der Waals surface area contributed by atoms with Crippen LogP contribution in [0.1, 0.15) is 5.56 Å². The number of nitro groups is 1. The average molecular weight is 339 g/mol. The molecular weight excluding hydrogens is 328 g/mol. The summed E-state index contributed by atoms with van der Waals surface area (Å²) in [6.07, 6.45) is 1.56. The standard InChI is InChI=1S/C12H11BrN4O3/c1-7-5-8(3-4-10(7)17(18)19)20-11-9(13)6-15-12(14-2)16-11/h3-6H,1-2H3,(H,14,15,16). The molecule has 0 saturated heterocycles. The first-order valence-corrected chi connectivity index (χ1v) is 6.43. The number of aryl methyl sites for hydroxylation is 1. The second-order valence-electron chi connectivity index (χ2n) is 3.90. The number of hydrogen-bond donors (Lipinski definition) is 1. The van der Waals surface area contributed by atoms with Crippen molar-refractivity contribution in [2.45, 2.75) is 6.92 Å². The molecule has 2 aromatic rings. The second kappa shape index (κ2) is 5.83. The quantitative estimate of drug-likeness (QED) is 0.679. The van der Waals surface area contributed by atoms with Crippen molar-refractivity contribution in [1.82, 2.24) is 9.97 Å². The van der Waals surface area contributed by atoms with E-state index in [-0.39, 0.29) is 5.69 Å². The maximum absolute atomic E-state index is 10.8. The van der Waals surface area contributed by atoms with E-state index in [1.165, 1.54) is 12.1 Å². The van der Waals surface area contributed by atoms with Crippen LogP contribution in [0.2, 0.25) is 0 Å². The summed E-state index contributed by atoms with van der Waals surface area (Å²) in [6.45, 7) is 1.65. The lowest BCUT2D eigenvalue weighted by Crippen LogP contribution is -1.99. The van der Waals surface area contributed by atoms with E-state index in [0.29, 0.717) is 27.6 Å². The molecule has 0 radical (unpaired) electrons. The SMILES string of the molecule is CNc1ncc(Br)c(Oc2ccc([N+](=O)[O-])c(C)c2)n1. The van der Waals surface area contributed by atoms with Gasteiger partial charge in [-0.1, -0.05) is 0 Å². The Morgan fingerprint density at radius 1 is 1.45 bits per heavy atom. The minimum Gasteiger partial charge on any atom is -0.438 e. The third-order valence-electron chi connectivity index (χ3n) is 2.52. The van der Waals surface area contributed by atoms with Crippen LogP contribution in [-0.4, -0.2) is 21.9 Å². The highest BCUT2D eigenvalue weighted by Crippen LogP contribution is 2.30. The van der Waals surface area contributed by atoms with Gasteiger partial charge in [0.1, 0.15) is 5.75 Å². The van der Waals surface area contributed by atoms with Crippen molar-refractivity contribution in [2.75, 3.05) is 12.4 Å². The van der Waals surface area contributed by atoms with Gasteiger partial charge in [-0.05, 0) is 35.0 Å². The molecule has 0 atom stereocenters. The van der Waals surface area contributed by atoms with E-state index in [0.717, 1.165) is 0 Å². The highest BCUT2D eigenvalue weighted by atomic mass is 79.9. The number of aromatic nitrogens is 2. The molecule has 0 spiro atoms. The van der Waals surface area contributed by atoms with Gasteiger partial charge in [0, 0.05) is 18.7 Å². The second-order valence-corrected chi connectivity index (χ2v) is 4.76. The maximum Gasteiger partial charge on any atom is 0.272 e. The summed E-state index contributed by atoms with van der Waals surface area (Å²) in [7, 11) is 1.70. The highest BCUT2D eigenvalue weighted by molar-refractivity contribution is 9.10. The van der Waals surface area contributed by atoms with E-state index < -0.39 is 4.92 Å². The van der Waals surface area contributed by atoms with Gasteiger partial charge in [0.2, 0.25) is 11.8 Å². The first-order chi connectivity index (χ1) is 9.51. The molecule has 0 aliphatic carbocycles. The number of benzene rings is 1. The number of ether oxygens (including phenoxy) is 1. The van der Waals surface area contributed by atoms with Crippen molar-refractivity contribution in [2.24, 2.45) is 0 Å². The molecule has 0 fully saturated rings. The van der Waals surface area contributed by atoms with Crippen LogP contribution in [0.4, 0.5) is 11.6 Å². The van der Waals surface area contributed by atoms with Crippen LogP contribution in [-0.2, 0) is 0 Å². The van der Waals surface area contributed by atoms with E-state index in [4.69, 9.17) is 4.74 Å². The Kier molecular flexibility index (Phi) is 4.14. The molecule has 1 aromatic heterocycles. The fourth-order valence-corrected chi connectivity index (χ4v) is 1.82. The van der Waals surface area contributed by atoms with Gasteiger partial charge in [0.25, 0.3) is 5.69 Å². The Morgan fingerprint density at radius 2 is 2.20 bits per heavy atom. The molecule has 0 bridgehead atoms. The number of nitrogens with zero attached hydrogens (tertiary/aromatic N) is 3. The first kappa shape index (κ1) is 14.2. The number of nitro benzene ring substituents is 1. The van der Waals surface area contributed by atoms with Crippen molar-refractivity contribution in [3.8, 4) is 11.6 Å². The van der Waals surface area contributed by atoms with Gasteiger partial charge >= 0.3 is 0 Å². The predicted molar refractivity (Wildman–Crippen MR) is 77.2 cm³/mol. The Bertz CT molecular complexity index is 663. The molecule has 0 aliphatic heterocycles. The van der Waals surface area contributed by atoms with Gasteiger partial charge < -0.3 is 10.1 Å². The van der Waals surface area contributed by atoms with Gasteiger partial charge in [-0.15, -0.1) is 0 Å². The summed E-state index contributed by atoms with van der Waals surface area (Å²) in [5, 5.41) is 13.6. The van der Waals surface area contributed by atoms with Crippen LogP contribution in [0.5, 0.6) is 11.6 Å². The molecule has 1 aromatic carbocycles. The van der Waals surface area contributed by atoms with Crippen LogP contribution in [0, 0.1) is 17.0 Å². The van der Waals surface area contributed by atoms with Crippen LogP contribution in [0.15, 0.2) is 28.9 Å². The summed E-state index contributed by atoms with van der Waals surface area (Å²) >= 11 is 3.29. The van der Waals surface area contributed by atoms with Crippen LogP contribution < -0.4 is 10.1 Å². The van der Waals surface area contributed by atoms with Gasteiger partial charge in [0.15, 0.2) is 0 Å². The zero-order valence-corrected chi connectivity index (χ0v) is 12.3. The lowest BCUT2D eigenvalue weighted by Gasteiger charge is -2.08. The first-order valence-electron chi connectivity index (χ1n) is 5.64. The van der Waals surface area contributed by atoms with Crippen molar-refractivity contribution >= 4 is 27.6 Å². The molecule has 1 N–H and O–H groups in total. The zero-order valence-electron chi connectivity index (χ0n) is 10.8. The van der Waals surface area contributed by atoms with Gasteiger partial charge in [-0.3, -0.25) is 10.1 Å². The van der Waals surface area contributed by atoms with E-state index in [1.54, 1.807) is 26.2 Å². The topological polar surface area (TPSA) is 90.2 Å². The summed E-state index contributed by atoms with van der Waals surface area (Å²) in [5.41, 5.74) is 0.571. The van der Waals surface area contributed by atoms with E-state index >= 15 is 0 Å². The van der Waals surface area contributed by atoms with Gasteiger partial charge in [-0.2, -0.15) is 4.98 Å². The summed E-state index contributed by atoms with van der Waals surface area (Å²) < 4.78 is 6.20. The average Bonchev–Trinajstić information content (AvgIpc) is 2.41. The summed E-state index contributed by atoms with van der Waals surface area (Å²) in [4.78, 5) is 18.5. The van der Waals surface area contributed by atoms with Gasteiger partial charge in [-0.25, -0.2) is 4.98 Å². The van der Waals surface area contributed by atoms with Crippen LogP contribution in [0.3, 0.4) is 0 Å². The summed E-state index contributed by atoms with van der Waals surface area (Å²) in [6, 6.07) is 4.52. The largest absolute Gasteiger partial charge is 0.438 e. The molecule has 0 unspecified atom stereocenters. The predicted octanol–water partition coefficient (Wildman–Crippen LogP) is 3.29. The number of nitrogens with one attached hydrogen (secondary N) is 1. The van der Waals surface area contributed by atoms with Crippen LogP contribution in [0.25, 0.3) is 0 Å².